The van der Waals surface area contributed by atoms with Gasteiger partial charge in [0.2, 0.25) is 0 Å². The van der Waals surface area contributed by atoms with Gasteiger partial charge < -0.3 is 14.8 Å². The van der Waals surface area contributed by atoms with Gasteiger partial charge in [0.15, 0.2) is 6.61 Å². The van der Waals surface area contributed by atoms with Crippen molar-refractivity contribution in [2.24, 2.45) is 0 Å². The average Bonchev–Trinajstić information content (AvgIpc) is 2.27. The van der Waals surface area contributed by atoms with Crippen molar-refractivity contribution in [2.75, 3.05) is 19.0 Å². The molecule has 0 saturated heterocycles. The predicted molar refractivity (Wildman–Crippen MR) is 53.4 cm³/mol. The van der Waals surface area contributed by atoms with Gasteiger partial charge in [-0.2, -0.15) is 0 Å². The molecule has 5 nitrogen and oxygen atoms in total. The van der Waals surface area contributed by atoms with Crippen molar-refractivity contribution < 1.29 is 19.1 Å². The summed E-state index contributed by atoms with van der Waals surface area (Å²) >= 11 is 0. The Morgan fingerprint density at radius 1 is 1.27 bits per heavy atom. The molecule has 1 amide bonds. The van der Waals surface area contributed by atoms with E-state index in [1.807, 2.05) is 6.07 Å². The van der Waals surface area contributed by atoms with Crippen LogP contribution in [0, 0.1) is 0 Å². The van der Waals surface area contributed by atoms with Crippen molar-refractivity contribution in [2.45, 2.75) is 0 Å². The van der Waals surface area contributed by atoms with Crippen molar-refractivity contribution in [3.05, 3.63) is 30.3 Å². The maximum absolute atomic E-state index is 11.2. The maximum Gasteiger partial charge on any atom is 0.508 e. The minimum Gasteiger partial charge on any atom is -0.438 e. The zero-order chi connectivity index (χ0) is 11.1. The standard InChI is InChI=1S/C10H11NO4/c1-14-10(13)15-7-9(12)11-8-5-3-2-4-6-8/h2-6H,7H2,1H3,(H,11,12). The number of para-hydroxylation sites is 1. The normalized spacial score (nSPS) is 9.13. The van der Waals surface area contributed by atoms with Crippen LogP contribution in [0.3, 0.4) is 0 Å². The maximum atomic E-state index is 11.2. The Morgan fingerprint density at radius 3 is 2.53 bits per heavy atom. The first-order valence-corrected chi connectivity index (χ1v) is 4.28. The molecule has 0 aliphatic heterocycles. The largest absolute Gasteiger partial charge is 0.508 e. The first-order chi connectivity index (χ1) is 7.22. The monoisotopic (exact) mass is 209 g/mol. The van der Waals surface area contributed by atoms with Gasteiger partial charge >= 0.3 is 6.16 Å². The van der Waals surface area contributed by atoms with Gasteiger partial charge in [-0.1, -0.05) is 18.2 Å². The SMILES string of the molecule is COC(=O)OCC(=O)Nc1ccccc1. The lowest BCUT2D eigenvalue weighted by molar-refractivity contribution is -0.119. The van der Waals surface area contributed by atoms with Crippen molar-refractivity contribution in [3.8, 4) is 0 Å². The lowest BCUT2D eigenvalue weighted by Crippen LogP contribution is -2.20. The number of hydrogen-bond donors (Lipinski definition) is 1. The van der Waals surface area contributed by atoms with Crippen LogP contribution in [0.4, 0.5) is 10.5 Å². The molecule has 1 N–H and O–H groups in total. The summed E-state index contributed by atoms with van der Waals surface area (Å²) in [4.78, 5) is 21.7. The van der Waals surface area contributed by atoms with Crippen LogP contribution < -0.4 is 5.32 Å². The number of carbonyl (C=O) groups excluding carboxylic acids is 2. The molecule has 0 atom stereocenters. The molecule has 5 heteroatoms. The second kappa shape index (κ2) is 5.64. The van der Waals surface area contributed by atoms with Gasteiger partial charge in [-0.05, 0) is 12.1 Å². The van der Waals surface area contributed by atoms with E-state index in [1.165, 1.54) is 7.11 Å². The van der Waals surface area contributed by atoms with Gasteiger partial charge in [-0.15, -0.1) is 0 Å². The predicted octanol–water partition coefficient (Wildman–Crippen LogP) is 1.41. The summed E-state index contributed by atoms with van der Waals surface area (Å²) in [5.74, 6) is -0.411. The molecule has 0 fully saturated rings. The fourth-order valence-electron chi connectivity index (χ4n) is 0.902. The molecule has 0 saturated carbocycles. The van der Waals surface area contributed by atoms with Gasteiger partial charge in [0.1, 0.15) is 0 Å². The molecular weight excluding hydrogens is 198 g/mol. The van der Waals surface area contributed by atoms with Crippen molar-refractivity contribution in [1.82, 2.24) is 0 Å². The van der Waals surface area contributed by atoms with E-state index >= 15 is 0 Å². The molecule has 0 heterocycles. The van der Waals surface area contributed by atoms with Crippen molar-refractivity contribution in [1.29, 1.82) is 0 Å². The highest BCUT2D eigenvalue weighted by Crippen LogP contribution is 2.04. The zero-order valence-corrected chi connectivity index (χ0v) is 8.23. The van der Waals surface area contributed by atoms with Crippen LogP contribution in [-0.2, 0) is 14.3 Å². The molecule has 1 aromatic rings. The third-order valence-corrected chi connectivity index (χ3v) is 1.55. The zero-order valence-electron chi connectivity index (χ0n) is 8.23. The summed E-state index contributed by atoms with van der Waals surface area (Å²) in [6.07, 6.45) is -0.877. The van der Waals surface area contributed by atoms with Crippen LogP contribution in [0.25, 0.3) is 0 Å². The first-order valence-electron chi connectivity index (χ1n) is 4.28. The quantitative estimate of drug-likeness (QED) is 0.764. The second-order valence-electron chi connectivity index (χ2n) is 2.66. The molecule has 80 valence electrons. The van der Waals surface area contributed by atoms with E-state index < -0.39 is 12.1 Å². The van der Waals surface area contributed by atoms with E-state index in [0.29, 0.717) is 5.69 Å². The summed E-state index contributed by atoms with van der Waals surface area (Å²) in [6.45, 7) is -0.360. The molecule has 0 aliphatic carbocycles. The number of carbonyl (C=O) groups is 2. The minimum absolute atomic E-state index is 0.360. The Morgan fingerprint density at radius 2 is 1.93 bits per heavy atom. The average molecular weight is 209 g/mol. The van der Waals surface area contributed by atoms with Crippen LogP contribution in [0.15, 0.2) is 30.3 Å². The van der Waals surface area contributed by atoms with Gasteiger partial charge in [0.05, 0.1) is 7.11 Å². The molecule has 0 unspecified atom stereocenters. The number of nitrogens with one attached hydrogen (secondary N) is 1. The van der Waals surface area contributed by atoms with E-state index in [1.54, 1.807) is 24.3 Å². The topological polar surface area (TPSA) is 64.6 Å². The number of anilines is 1. The van der Waals surface area contributed by atoms with Crippen molar-refractivity contribution >= 4 is 17.7 Å². The van der Waals surface area contributed by atoms with Gasteiger partial charge in [-0.25, -0.2) is 4.79 Å². The Kier molecular flexibility index (Phi) is 4.15. The van der Waals surface area contributed by atoms with E-state index in [2.05, 4.69) is 14.8 Å². The summed E-state index contributed by atoms with van der Waals surface area (Å²) in [5, 5.41) is 2.55. The molecule has 0 bridgehead atoms. The fraction of sp³-hybridized carbons (Fsp3) is 0.200. The van der Waals surface area contributed by atoms with Gasteiger partial charge in [-0.3, -0.25) is 4.79 Å². The number of ether oxygens (including phenoxy) is 2. The van der Waals surface area contributed by atoms with E-state index in [0.717, 1.165) is 0 Å². The minimum atomic E-state index is -0.877. The number of hydrogen-bond acceptors (Lipinski definition) is 4. The van der Waals surface area contributed by atoms with Crippen LogP contribution in [0.1, 0.15) is 0 Å². The Labute approximate surface area is 87.0 Å². The first kappa shape index (κ1) is 11.0. The van der Waals surface area contributed by atoms with Crippen LogP contribution >= 0.6 is 0 Å². The Balaban J connectivity index is 2.34. The molecule has 15 heavy (non-hydrogen) atoms. The summed E-state index contributed by atoms with van der Waals surface area (Å²) in [6, 6.07) is 8.88. The van der Waals surface area contributed by atoms with Crippen LogP contribution in [0.2, 0.25) is 0 Å². The summed E-state index contributed by atoms with van der Waals surface area (Å²) < 4.78 is 8.66. The van der Waals surface area contributed by atoms with E-state index in [4.69, 9.17) is 0 Å². The number of methoxy groups -OCH3 is 1. The third-order valence-electron chi connectivity index (χ3n) is 1.55. The number of amides is 1. The second-order valence-corrected chi connectivity index (χ2v) is 2.66. The van der Waals surface area contributed by atoms with Crippen molar-refractivity contribution in [3.63, 3.8) is 0 Å². The lowest BCUT2D eigenvalue weighted by atomic mass is 10.3. The summed E-state index contributed by atoms with van der Waals surface area (Å²) in [7, 11) is 1.18. The highest BCUT2D eigenvalue weighted by atomic mass is 16.7. The molecular formula is C10H11NO4. The molecule has 0 aromatic heterocycles. The van der Waals surface area contributed by atoms with Crippen LogP contribution in [0.5, 0.6) is 0 Å². The highest BCUT2D eigenvalue weighted by Gasteiger charge is 2.06. The van der Waals surface area contributed by atoms with Crippen LogP contribution in [-0.4, -0.2) is 25.8 Å². The van der Waals surface area contributed by atoms with E-state index in [9.17, 15) is 9.59 Å². The molecule has 1 rings (SSSR count). The lowest BCUT2D eigenvalue weighted by Gasteiger charge is -2.04. The Bertz CT molecular complexity index is 337. The van der Waals surface area contributed by atoms with Gasteiger partial charge in [0.25, 0.3) is 5.91 Å². The fourth-order valence-corrected chi connectivity index (χ4v) is 0.902. The number of benzene rings is 1. The number of rotatable bonds is 3. The third kappa shape index (κ3) is 4.12. The van der Waals surface area contributed by atoms with E-state index in [-0.39, 0.29) is 6.61 Å². The molecule has 0 radical (unpaired) electrons. The Hall–Kier alpha value is -2.04. The molecule has 0 spiro atoms. The smallest absolute Gasteiger partial charge is 0.438 e. The highest BCUT2D eigenvalue weighted by molar-refractivity contribution is 5.92. The molecule has 0 aliphatic rings. The summed E-state index contributed by atoms with van der Waals surface area (Å²) in [5.41, 5.74) is 0.649. The van der Waals surface area contributed by atoms with Gasteiger partial charge in [0, 0.05) is 5.69 Å². The molecule has 1 aromatic carbocycles.